The second-order valence-electron chi connectivity index (χ2n) is 6.80. The highest BCUT2D eigenvalue weighted by Crippen LogP contribution is 2.21. The zero-order valence-electron chi connectivity index (χ0n) is 15.2. The van der Waals surface area contributed by atoms with E-state index in [-0.39, 0.29) is 6.03 Å². The van der Waals surface area contributed by atoms with Crippen molar-refractivity contribution in [2.24, 2.45) is 0 Å². The van der Waals surface area contributed by atoms with E-state index in [2.05, 4.69) is 52.4 Å². The van der Waals surface area contributed by atoms with Gasteiger partial charge in [-0.1, -0.05) is 30.3 Å². The standard InChI is InChI=1S/C19H30N4O2/c1-17(18-5-3-2-4-6-18)22-9-11-23(12-10-22)19(24)20-7-8-21-13-15-25-16-14-21/h2-6,17H,7-16H2,1H3,(H,20,24). The first kappa shape index (κ1) is 18.2. The minimum absolute atomic E-state index is 0.0697. The highest BCUT2D eigenvalue weighted by molar-refractivity contribution is 5.74. The molecular formula is C19H30N4O2. The quantitative estimate of drug-likeness (QED) is 0.876. The summed E-state index contributed by atoms with van der Waals surface area (Å²) in [6.07, 6.45) is 0. The molecule has 0 aliphatic carbocycles. The van der Waals surface area contributed by atoms with Gasteiger partial charge in [-0.2, -0.15) is 0 Å². The molecular weight excluding hydrogens is 316 g/mol. The van der Waals surface area contributed by atoms with Gasteiger partial charge in [-0.3, -0.25) is 9.80 Å². The van der Waals surface area contributed by atoms with Gasteiger partial charge in [0.25, 0.3) is 0 Å². The number of hydrogen-bond donors (Lipinski definition) is 1. The van der Waals surface area contributed by atoms with Crippen molar-refractivity contribution >= 4 is 6.03 Å². The highest BCUT2D eigenvalue weighted by atomic mass is 16.5. The Bertz CT molecular complexity index is 525. The number of nitrogens with one attached hydrogen (secondary N) is 1. The molecule has 1 aromatic rings. The van der Waals surface area contributed by atoms with Crippen LogP contribution < -0.4 is 5.32 Å². The molecule has 1 atom stereocenters. The summed E-state index contributed by atoms with van der Waals surface area (Å²) in [5, 5.41) is 3.06. The number of hydrogen-bond acceptors (Lipinski definition) is 4. The second kappa shape index (κ2) is 9.17. The van der Waals surface area contributed by atoms with Gasteiger partial charge in [-0.05, 0) is 12.5 Å². The molecule has 0 spiro atoms. The number of nitrogens with zero attached hydrogens (tertiary/aromatic N) is 3. The molecule has 0 radical (unpaired) electrons. The summed E-state index contributed by atoms with van der Waals surface area (Å²) in [6, 6.07) is 11.0. The number of piperazine rings is 1. The lowest BCUT2D eigenvalue weighted by Crippen LogP contribution is -2.53. The summed E-state index contributed by atoms with van der Waals surface area (Å²) in [5.74, 6) is 0. The van der Waals surface area contributed by atoms with E-state index in [0.29, 0.717) is 12.6 Å². The molecule has 2 saturated heterocycles. The van der Waals surface area contributed by atoms with Gasteiger partial charge in [-0.25, -0.2) is 4.79 Å². The fraction of sp³-hybridized carbons (Fsp3) is 0.632. The number of benzene rings is 1. The molecule has 3 rings (SSSR count). The minimum Gasteiger partial charge on any atom is -0.379 e. The van der Waals surface area contributed by atoms with Crippen molar-refractivity contribution < 1.29 is 9.53 Å². The third-order valence-corrected chi connectivity index (χ3v) is 5.24. The Morgan fingerprint density at radius 1 is 1.08 bits per heavy atom. The number of carbonyl (C=O) groups excluding carboxylic acids is 1. The largest absolute Gasteiger partial charge is 0.379 e. The number of ether oxygens (including phenoxy) is 1. The van der Waals surface area contributed by atoms with Gasteiger partial charge in [0.05, 0.1) is 13.2 Å². The average molecular weight is 346 g/mol. The van der Waals surface area contributed by atoms with Gasteiger partial charge < -0.3 is 15.0 Å². The van der Waals surface area contributed by atoms with Crippen molar-refractivity contribution in [3.8, 4) is 0 Å². The lowest BCUT2D eigenvalue weighted by atomic mass is 10.1. The van der Waals surface area contributed by atoms with Crippen molar-refractivity contribution in [1.29, 1.82) is 0 Å². The van der Waals surface area contributed by atoms with Gasteiger partial charge in [0, 0.05) is 58.4 Å². The Hall–Kier alpha value is -1.63. The first-order valence-electron chi connectivity index (χ1n) is 9.36. The van der Waals surface area contributed by atoms with Crippen LogP contribution in [0.4, 0.5) is 4.79 Å². The van der Waals surface area contributed by atoms with Gasteiger partial charge in [0.1, 0.15) is 0 Å². The molecule has 2 heterocycles. The highest BCUT2D eigenvalue weighted by Gasteiger charge is 2.24. The predicted molar refractivity (Wildman–Crippen MR) is 98.7 cm³/mol. The van der Waals surface area contributed by atoms with Gasteiger partial charge in [0.15, 0.2) is 0 Å². The normalized spacial score (nSPS) is 21.1. The van der Waals surface area contributed by atoms with Crippen LogP contribution in [-0.2, 0) is 4.74 Å². The van der Waals surface area contributed by atoms with Crippen LogP contribution in [0.5, 0.6) is 0 Å². The van der Waals surface area contributed by atoms with Crippen molar-refractivity contribution in [3.05, 3.63) is 35.9 Å². The zero-order chi connectivity index (χ0) is 17.5. The Morgan fingerprint density at radius 3 is 2.44 bits per heavy atom. The third kappa shape index (κ3) is 5.17. The van der Waals surface area contributed by atoms with Crippen molar-refractivity contribution in [3.63, 3.8) is 0 Å². The van der Waals surface area contributed by atoms with E-state index in [4.69, 9.17) is 4.74 Å². The van der Waals surface area contributed by atoms with Crippen molar-refractivity contribution in [2.75, 3.05) is 65.6 Å². The molecule has 6 nitrogen and oxygen atoms in total. The van der Waals surface area contributed by atoms with E-state index < -0.39 is 0 Å². The van der Waals surface area contributed by atoms with E-state index in [0.717, 1.165) is 59.0 Å². The molecule has 0 aromatic heterocycles. The Balaban J connectivity index is 1.37. The molecule has 2 aliphatic rings. The number of urea groups is 1. The van der Waals surface area contributed by atoms with E-state index >= 15 is 0 Å². The van der Waals surface area contributed by atoms with Gasteiger partial charge in [-0.15, -0.1) is 0 Å². The van der Waals surface area contributed by atoms with E-state index in [9.17, 15) is 4.79 Å². The molecule has 6 heteroatoms. The van der Waals surface area contributed by atoms with Crippen LogP contribution in [0.2, 0.25) is 0 Å². The molecule has 0 bridgehead atoms. The van der Waals surface area contributed by atoms with Crippen LogP contribution >= 0.6 is 0 Å². The number of morpholine rings is 1. The van der Waals surface area contributed by atoms with Crippen LogP contribution in [0.15, 0.2) is 30.3 Å². The molecule has 2 amide bonds. The van der Waals surface area contributed by atoms with Crippen LogP contribution in [-0.4, -0.2) is 86.3 Å². The monoisotopic (exact) mass is 346 g/mol. The number of amides is 2. The minimum atomic E-state index is 0.0697. The van der Waals surface area contributed by atoms with Gasteiger partial charge >= 0.3 is 6.03 Å². The topological polar surface area (TPSA) is 48.0 Å². The number of rotatable bonds is 5. The summed E-state index contributed by atoms with van der Waals surface area (Å²) in [7, 11) is 0. The second-order valence-corrected chi connectivity index (χ2v) is 6.80. The van der Waals surface area contributed by atoms with Crippen molar-refractivity contribution in [2.45, 2.75) is 13.0 Å². The first-order valence-corrected chi connectivity index (χ1v) is 9.36. The molecule has 0 saturated carbocycles. The fourth-order valence-corrected chi connectivity index (χ4v) is 3.51. The summed E-state index contributed by atoms with van der Waals surface area (Å²) in [4.78, 5) is 19.1. The summed E-state index contributed by atoms with van der Waals surface area (Å²) in [6.45, 7) is 10.8. The van der Waals surface area contributed by atoms with E-state index in [1.165, 1.54) is 5.56 Å². The molecule has 1 unspecified atom stereocenters. The van der Waals surface area contributed by atoms with E-state index in [1.807, 2.05) is 4.90 Å². The lowest BCUT2D eigenvalue weighted by molar-refractivity contribution is 0.0384. The number of carbonyl (C=O) groups is 1. The third-order valence-electron chi connectivity index (χ3n) is 5.24. The van der Waals surface area contributed by atoms with Crippen LogP contribution in [0.1, 0.15) is 18.5 Å². The van der Waals surface area contributed by atoms with Crippen LogP contribution in [0, 0.1) is 0 Å². The Kier molecular flexibility index (Phi) is 6.67. The first-order chi connectivity index (χ1) is 12.2. The zero-order valence-corrected chi connectivity index (χ0v) is 15.2. The summed E-state index contributed by atoms with van der Waals surface area (Å²) >= 11 is 0. The maximum Gasteiger partial charge on any atom is 0.317 e. The van der Waals surface area contributed by atoms with Crippen molar-refractivity contribution in [1.82, 2.24) is 20.0 Å². The van der Waals surface area contributed by atoms with Crippen LogP contribution in [0.25, 0.3) is 0 Å². The lowest BCUT2D eigenvalue weighted by Gasteiger charge is -2.38. The molecule has 2 aliphatic heterocycles. The molecule has 25 heavy (non-hydrogen) atoms. The summed E-state index contributed by atoms with van der Waals surface area (Å²) < 4.78 is 5.34. The molecule has 1 aromatic carbocycles. The predicted octanol–water partition coefficient (Wildman–Crippen LogP) is 1.41. The molecule has 1 N–H and O–H groups in total. The molecule has 2 fully saturated rings. The maximum absolute atomic E-state index is 12.3. The average Bonchev–Trinajstić information content (AvgIpc) is 2.69. The Morgan fingerprint density at radius 2 is 1.76 bits per heavy atom. The smallest absolute Gasteiger partial charge is 0.317 e. The van der Waals surface area contributed by atoms with Gasteiger partial charge in [0.2, 0.25) is 0 Å². The SMILES string of the molecule is CC(c1ccccc1)N1CCN(C(=O)NCCN2CCOCC2)CC1. The maximum atomic E-state index is 12.3. The summed E-state index contributed by atoms with van der Waals surface area (Å²) in [5.41, 5.74) is 1.34. The fourth-order valence-electron chi connectivity index (χ4n) is 3.51. The molecule has 138 valence electrons. The Labute approximate surface area is 150 Å². The van der Waals surface area contributed by atoms with Crippen LogP contribution in [0.3, 0.4) is 0 Å². The van der Waals surface area contributed by atoms with E-state index in [1.54, 1.807) is 0 Å².